The fourth-order valence-corrected chi connectivity index (χ4v) is 1.90. The van der Waals surface area contributed by atoms with E-state index in [0.29, 0.717) is 36.6 Å². The Balaban J connectivity index is 1.71. The van der Waals surface area contributed by atoms with Gasteiger partial charge in [0.25, 0.3) is 0 Å². The lowest BCUT2D eigenvalue weighted by Gasteiger charge is -2.34. The van der Waals surface area contributed by atoms with E-state index in [9.17, 15) is 0 Å². The van der Waals surface area contributed by atoms with Crippen molar-refractivity contribution >= 4 is 6.01 Å². The predicted octanol–water partition coefficient (Wildman–Crippen LogP) is 1.55. The van der Waals surface area contributed by atoms with Gasteiger partial charge in [-0.15, -0.1) is 5.10 Å². The fourth-order valence-electron chi connectivity index (χ4n) is 1.90. The van der Waals surface area contributed by atoms with Gasteiger partial charge in [0, 0.05) is 18.7 Å². The van der Waals surface area contributed by atoms with Crippen LogP contribution < -0.4 is 10.6 Å². The van der Waals surface area contributed by atoms with Crippen molar-refractivity contribution in [3.63, 3.8) is 0 Å². The molecule has 1 aromatic rings. The lowest BCUT2D eigenvalue weighted by Crippen LogP contribution is -2.40. The summed E-state index contributed by atoms with van der Waals surface area (Å²) in [5.74, 6) is 0.617. The molecule has 0 saturated heterocycles. The maximum Gasteiger partial charge on any atom is 0.315 e. The van der Waals surface area contributed by atoms with Crippen LogP contribution in [0.4, 0.5) is 6.01 Å². The van der Waals surface area contributed by atoms with Gasteiger partial charge in [-0.25, -0.2) is 0 Å². The molecule has 1 aromatic heterocycles. The lowest BCUT2D eigenvalue weighted by molar-refractivity contribution is 0.00255. The molecule has 0 spiro atoms. The number of rotatable bonds is 7. The van der Waals surface area contributed by atoms with E-state index in [2.05, 4.69) is 34.7 Å². The number of ether oxygens (including phenoxy) is 1. The minimum absolute atomic E-state index is 0.387. The highest BCUT2D eigenvalue weighted by Crippen LogP contribution is 2.26. The van der Waals surface area contributed by atoms with Crippen molar-refractivity contribution in [1.82, 2.24) is 15.5 Å². The van der Waals surface area contributed by atoms with Crippen LogP contribution in [0.1, 0.15) is 39.5 Å². The first-order chi connectivity index (χ1) is 8.67. The molecule has 0 amide bonds. The molecule has 1 saturated carbocycles. The molecule has 0 radical (unpaired) electrons. The Kier molecular flexibility index (Phi) is 4.54. The second-order valence-electron chi connectivity index (χ2n) is 4.93. The third kappa shape index (κ3) is 3.68. The van der Waals surface area contributed by atoms with E-state index in [1.54, 1.807) is 0 Å². The summed E-state index contributed by atoms with van der Waals surface area (Å²) >= 11 is 0. The minimum Gasteiger partial charge on any atom is -0.407 e. The molecule has 1 aliphatic rings. The zero-order valence-corrected chi connectivity index (χ0v) is 11.3. The van der Waals surface area contributed by atoms with E-state index in [4.69, 9.17) is 9.15 Å². The van der Waals surface area contributed by atoms with E-state index >= 15 is 0 Å². The number of nitrogens with one attached hydrogen (secondary N) is 2. The monoisotopic (exact) mass is 254 g/mol. The summed E-state index contributed by atoms with van der Waals surface area (Å²) < 4.78 is 11.0. The molecule has 2 N–H and O–H groups in total. The zero-order chi connectivity index (χ0) is 13.0. The number of nitrogens with zero attached hydrogens (tertiary/aromatic N) is 2. The molecule has 6 nitrogen and oxygen atoms in total. The number of hydrogen-bond donors (Lipinski definition) is 2. The summed E-state index contributed by atoms with van der Waals surface area (Å²) in [4.78, 5) is 0. The van der Waals surface area contributed by atoms with Crippen LogP contribution >= 0.6 is 0 Å². The molecule has 0 atom stereocenters. The predicted molar refractivity (Wildman–Crippen MR) is 68.3 cm³/mol. The summed E-state index contributed by atoms with van der Waals surface area (Å²) in [5.41, 5.74) is 0. The highest BCUT2D eigenvalue weighted by Gasteiger charge is 2.30. The summed E-state index contributed by atoms with van der Waals surface area (Å²) in [6, 6.07) is 1.32. The number of hydrogen-bond acceptors (Lipinski definition) is 6. The molecule has 1 aliphatic carbocycles. The SMILES string of the molecule is CCOC1CC(Nc2nnc(CNC(C)C)o2)C1. The fraction of sp³-hybridized carbons (Fsp3) is 0.833. The second kappa shape index (κ2) is 6.15. The van der Waals surface area contributed by atoms with Crippen LogP contribution in [0.15, 0.2) is 4.42 Å². The van der Waals surface area contributed by atoms with Gasteiger partial charge in [0.05, 0.1) is 12.6 Å². The van der Waals surface area contributed by atoms with Crippen LogP contribution in [-0.4, -0.2) is 35.0 Å². The maximum atomic E-state index is 5.50. The molecule has 18 heavy (non-hydrogen) atoms. The summed E-state index contributed by atoms with van der Waals surface area (Å²) in [6.45, 7) is 7.57. The standard InChI is InChI=1S/C12H22N4O2/c1-4-17-10-5-9(6-10)14-12-16-15-11(18-12)7-13-8(2)3/h8-10,13H,4-7H2,1-3H3,(H,14,16). The quantitative estimate of drug-likeness (QED) is 0.769. The summed E-state index contributed by atoms with van der Waals surface area (Å²) in [6.07, 6.45) is 2.41. The number of anilines is 1. The van der Waals surface area contributed by atoms with Gasteiger partial charge in [-0.05, 0) is 19.8 Å². The van der Waals surface area contributed by atoms with Gasteiger partial charge >= 0.3 is 6.01 Å². The van der Waals surface area contributed by atoms with Crippen molar-refractivity contribution < 1.29 is 9.15 Å². The van der Waals surface area contributed by atoms with E-state index in [0.717, 1.165) is 19.4 Å². The Morgan fingerprint density at radius 1 is 1.39 bits per heavy atom. The van der Waals surface area contributed by atoms with Gasteiger partial charge in [-0.1, -0.05) is 18.9 Å². The van der Waals surface area contributed by atoms with E-state index in [1.807, 2.05) is 6.92 Å². The Bertz CT molecular complexity index is 361. The Morgan fingerprint density at radius 2 is 2.17 bits per heavy atom. The van der Waals surface area contributed by atoms with Gasteiger partial charge in [0.15, 0.2) is 0 Å². The second-order valence-corrected chi connectivity index (χ2v) is 4.93. The topological polar surface area (TPSA) is 72.2 Å². The van der Waals surface area contributed by atoms with Crippen LogP contribution in [0.5, 0.6) is 0 Å². The van der Waals surface area contributed by atoms with E-state index in [-0.39, 0.29) is 0 Å². The van der Waals surface area contributed by atoms with E-state index in [1.165, 1.54) is 0 Å². The lowest BCUT2D eigenvalue weighted by atomic mass is 9.89. The third-order valence-corrected chi connectivity index (χ3v) is 2.95. The molecule has 0 aliphatic heterocycles. The van der Waals surface area contributed by atoms with Crippen molar-refractivity contribution in [1.29, 1.82) is 0 Å². The molecule has 0 unspecified atom stereocenters. The maximum absolute atomic E-state index is 5.50. The Hall–Kier alpha value is -1.14. The van der Waals surface area contributed by atoms with Gasteiger partial charge in [-0.2, -0.15) is 0 Å². The summed E-state index contributed by atoms with van der Waals surface area (Å²) in [5, 5.41) is 14.4. The molecular formula is C12H22N4O2. The number of aromatic nitrogens is 2. The molecule has 0 bridgehead atoms. The van der Waals surface area contributed by atoms with Crippen LogP contribution in [0.3, 0.4) is 0 Å². The molecule has 1 fully saturated rings. The first kappa shape index (κ1) is 13.3. The van der Waals surface area contributed by atoms with Crippen molar-refractivity contribution in [3.05, 3.63) is 5.89 Å². The molecule has 1 heterocycles. The first-order valence-electron chi connectivity index (χ1n) is 6.61. The van der Waals surface area contributed by atoms with Crippen molar-refractivity contribution in [3.8, 4) is 0 Å². The normalized spacial score (nSPS) is 23.1. The van der Waals surface area contributed by atoms with Crippen LogP contribution in [-0.2, 0) is 11.3 Å². The Labute approximate surface area is 107 Å². The average Bonchev–Trinajstić information content (AvgIpc) is 2.71. The molecule has 2 rings (SSSR count). The molecule has 102 valence electrons. The largest absolute Gasteiger partial charge is 0.407 e. The van der Waals surface area contributed by atoms with Gasteiger partial charge in [-0.3, -0.25) is 0 Å². The zero-order valence-electron chi connectivity index (χ0n) is 11.3. The van der Waals surface area contributed by atoms with Crippen LogP contribution in [0.2, 0.25) is 0 Å². The molecular weight excluding hydrogens is 232 g/mol. The first-order valence-corrected chi connectivity index (χ1v) is 6.61. The van der Waals surface area contributed by atoms with Gasteiger partial charge in [0.1, 0.15) is 0 Å². The van der Waals surface area contributed by atoms with Crippen LogP contribution in [0.25, 0.3) is 0 Å². The van der Waals surface area contributed by atoms with Gasteiger partial charge < -0.3 is 19.8 Å². The van der Waals surface area contributed by atoms with Crippen molar-refractivity contribution in [2.75, 3.05) is 11.9 Å². The Morgan fingerprint density at radius 3 is 2.83 bits per heavy atom. The highest BCUT2D eigenvalue weighted by atomic mass is 16.5. The average molecular weight is 254 g/mol. The van der Waals surface area contributed by atoms with Gasteiger partial charge in [0.2, 0.25) is 5.89 Å². The third-order valence-electron chi connectivity index (χ3n) is 2.95. The van der Waals surface area contributed by atoms with E-state index < -0.39 is 0 Å². The smallest absolute Gasteiger partial charge is 0.315 e. The van der Waals surface area contributed by atoms with Crippen molar-refractivity contribution in [2.45, 2.75) is 58.3 Å². The molecule has 0 aromatic carbocycles. The van der Waals surface area contributed by atoms with Crippen LogP contribution in [0, 0.1) is 0 Å². The minimum atomic E-state index is 0.387. The molecule has 6 heteroatoms. The summed E-state index contributed by atoms with van der Waals surface area (Å²) in [7, 11) is 0. The van der Waals surface area contributed by atoms with Crippen molar-refractivity contribution in [2.24, 2.45) is 0 Å². The highest BCUT2D eigenvalue weighted by molar-refractivity contribution is 5.21.